The van der Waals surface area contributed by atoms with Crippen LogP contribution in [0.2, 0.25) is 0 Å². The van der Waals surface area contributed by atoms with E-state index in [-0.39, 0.29) is 23.3 Å². The summed E-state index contributed by atoms with van der Waals surface area (Å²) in [6.45, 7) is 4.01. The molecule has 61 heavy (non-hydrogen) atoms. The number of nitrogens with one attached hydrogen (secondary N) is 3. The van der Waals surface area contributed by atoms with Crippen molar-refractivity contribution in [3.8, 4) is 0 Å². The Bertz CT molecular complexity index is 2340. The lowest BCUT2D eigenvalue weighted by Gasteiger charge is -2.32. The highest BCUT2D eigenvalue weighted by Crippen LogP contribution is 2.27. The van der Waals surface area contributed by atoms with Crippen LogP contribution in [0.3, 0.4) is 0 Å². The summed E-state index contributed by atoms with van der Waals surface area (Å²) in [6, 6.07) is 12.9. The van der Waals surface area contributed by atoms with E-state index >= 15 is 0 Å². The average Bonchev–Trinajstić information content (AvgIpc) is 4.08. The summed E-state index contributed by atoms with van der Waals surface area (Å²) < 4.78 is 33.3. The second-order valence-corrected chi connectivity index (χ2v) is 16.8. The van der Waals surface area contributed by atoms with Gasteiger partial charge in [-0.25, -0.2) is 8.78 Å². The van der Waals surface area contributed by atoms with Gasteiger partial charge in [-0.15, -0.1) is 11.3 Å². The first kappa shape index (κ1) is 43.1. The Hall–Kier alpha value is -5.96. The van der Waals surface area contributed by atoms with E-state index in [1.807, 2.05) is 23.1 Å². The first-order chi connectivity index (χ1) is 29.7. The Morgan fingerprint density at radius 3 is 2.07 bits per heavy atom. The summed E-state index contributed by atoms with van der Waals surface area (Å²) in [4.78, 5) is 64.9. The third-order valence-electron chi connectivity index (χ3n) is 11.6. The molecule has 12 nitrogen and oxygen atoms in total. The van der Waals surface area contributed by atoms with Gasteiger partial charge in [-0.2, -0.15) is 0 Å². The van der Waals surface area contributed by atoms with Crippen molar-refractivity contribution in [1.82, 2.24) is 35.4 Å². The maximum Gasteiger partial charge on any atom is 0.267 e. The number of hydrogen-bond donors (Lipinski definition) is 3. The molecule has 2 aliphatic rings. The van der Waals surface area contributed by atoms with Crippen molar-refractivity contribution in [3.05, 3.63) is 119 Å². The Morgan fingerprint density at radius 1 is 0.754 bits per heavy atom. The van der Waals surface area contributed by atoms with E-state index in [0.717, 1.165) is 109 Å². The second-order valence-electron chi connectivity index (χ2n) is 15.8. The molecule has 0 saturated carbocycles. The SMILES string of the molecule is O=C(NCCCCC1CCN(C(=O)c2cccc(F)c2F)CC1)c1cc2cnccc2[nH]1.O=C(NCCCCC1CCN(C(=O)c2ccoc2)CC1)c1cc2ccncc2s1. The number of benzene rings is 1. The number of carbonyl (C=O) groups excluding carboxylic acids is 4. The average molecular weight is 852 g/mol. The number of furan rings is 1. The van der Waals surface area contributed by atoms with Gasteiger partial charge in [-0.1, -0.05) is 31.7 Å². The molecule has 320 valence electrons. The molecule has 15 heteroatoms. The molecule has 0 aliphatic carbocycles. The van der Waals surface area contributed by atoms with E-state index in [1.54, 1.807) is 41.8 Å². The minimum absolute atomic E-state index is 0.00253. The number of amides is 4. The summed E-state index contributed by atoms with van der Waals surface area (Å²) in [7, 11) is 0. The summed E-state index contributed by atoms with van der Waals surface area (Å²) in [6.07, 6.45) is 19.9. The van der Waals surface area contributed by atoms with Gasteiger partial charge in [0, 0.05) is 75.0 Å². The molecule has 0 unspecified atom stereocenters. The van der Waals surface area contributed by atoms with E-state index in [1.165, 1.54) is 36.0 Å². The van der Waals surface area contributed by atoms with Gasteiger partial charge in [-0.3, -0.25) is 29.1 Å². The molecule has 0 radical (unpaired) electrons. The molecule has 1 aromatic carbocycles. The predicted molar refractivity (Wildman–Crippen MR) is 230 cm³/mol. The third-order valence-corrected chi connectivity index (χ3v) is 12.7. The molecule has 2 aliphatic heterocycles. The molecule has 2 fully saturated rings. The van der Waals surface area contributed by atoms with Crippen LogP contribution in [0.4, 0.5) is 8.78 Å². The molecule has 3 N–H and O–H groups in total. The molecular formula is C46H51F2N7O5S. The lowest BCUT2D eigenvalue weighted by atomic mass is 9.91. The zero-order chi connectivity index (χ0) is 42.6. The first-order valence-electron chi connectivity index (χ1n) is 21.1. The number of halogens is 2. The topological polar surface area (TPSA) is 154 Å². The van der Waals surface area contributed by atoms with Gasteiger partial charge >= 0.3 is 0 Å². The Morgan fingerprint density at radius 2 is 1.41 bits per heavy atom. The van der Waals surface area contributed by atoms with Crippen molar-refractivity contribution in [3.63, 3.8) is 0 Å². The highest BCUT2D eigenvalue weighted by molar-refractivity contribution is 7.20. The molecule has 0 bridgehead atoms. The third kappa shape index (κ3) is 11.5. The van der Waals surface area contributed by atoms with Crippen LogP contribution in [-0.2, 0) is 0 Å². The van der Waals surface area contributed by atoms with Gasteiger partial charge in [-0.05, 0) is 98.2 Å². The number of thiophene rings is 1. The molecular weight excluding hydrogens is 801 g/mol. The van der Waals surface area contributed by atoms with Crippen molar-refractivity contribution in [2.45, 2.75) is 64.2 Å². The van der Waals surface area contributed by atoms with Gasteiger partial charge in [0.15, 0.2) is 11.6 Å². The molecule has 0 spiro atoms. The van der Waals surface area contributed by atoms with Crippen molar-refractivity contribution in [2.75, 3.05) is 39.3 Å². The normalized spacial score (nSPS) is 14.8. The van der Waals surface area contributed by atoms with Crippen molar-refractivity contribution in [2.24, 2.45) is 11.8 Å². The zero-order valence-electron chi connectivity index (χ0n) is 34.0. The summed E-state index contributed by atoms with van der Waals surface area (Å²) in [5.74, 6) is -1.43. The number of aromatic nitrogens is 3. The van der Waals surface area contributed by atoms with Crippen LogP contribution in [0.5, 0.6) is 0 Å². The standard InChI is InChI=1S/C24H26F2N4O2.C22H25N3O3S/c25-19-6-3-5-18(22(19)26)24(32)30-12-8-16(9-13-30)4-1-2-10-28-23(31)21-14-17-15-27-11-7-20(17)29-21;26-21(19-13-17-4-9-23-14-20(17)29-19)24-8-2-1-3-16-5-10-25(11-6-16)22(27)18-7-12-28-15-18/h3,5-7,11,14-16,29H,1-2,4,8-10,12-13H2,(H,28,31);4,7,9,12-16H,1-3,5-6,8,10-11H2,(H,24,26). The number of nitrogens with zero attached hydrogens (tertiary/aromatic N) is 4. The molecule has 7 heterocycles. The minimum atomic E-state index is -1.08. The van der Waals surface area contributed by atoms with Gasteiger partial charge in [0.25, 0.3) is 23.6 Å². The quantitative estimate of drug-likeness (QED) is 0.0928. The van der Waals surface area contributed by atoms with Gasteiger partial charge < -0.3 is 29.8 Å². The number of fused-ring (bicyclic) bond motifs is 2. The summed E-state index contributed by atoms with van der Waals surface area (Å²) in [5, 5.41) is 7.93. The number of hydrogen-bond acceptors (Lipinski definition) is 8. The number of pyridine rings is 2. The van der Waals surface area contributed by atoms with E-state index < -0.39 is 17.5 Å². The monoisotopic (exact) mass is 851 g/mol. The molecule has 2 saturated heterocycles. The van der Waals surface area contributed by atoms with E-state index in [4.69, 9.17) is 4.42 Å². The number of H-pyrrole nitrogens is 1. The van der Waals surface area contributed by atoms with Crippen LogP contribution in [-0.4, -0.2) is 87.6 Å². The lowest BCUT2D eigenvalue weighted by Crippen LogP contribution is -2.39. The number of aromatic amines is 1. The number of likely N-dealkylation sites (tertiary alicyclic amines) is 2. The van der Waals surface area contributed by atoms with Crippen LogP contribution >= 0.6 is 11.3 Å². The van der Waals surface area contributed by atoms with Crippen LogP contribution in [0.25, 0.3) is 21.0 Å². The molecule has 6 aromatic rings. The highest BCUT2D eigenvalue weighted by atomic mass is 32.1. The summed E-state index contributed by atoms with van der Waals surface area (Å²) in [5.41, 5.74) is 1.84. The molecule has 0 atom stereocenters. The fourth-order valence-electron chi connectivity index (χ4n) is 8.05. The van der Waals surface area contributed by atoms with Crippen LogP contribution < -0.4 is 10.6 Å². The van der Waals surface area contributed by atoms with Gasteiger partial charge in [0.1, 0.15) is 12.0 Å². The fraction of sp³-hybridized carbons (Fsp3) is 0.391. The Kier molecular flexibility index (Phi) is 14.9. The van der Waals surface area contributed by atoms with E-state index in [2.05, 4.69) is 25.6 Å². The predicted octanol–water partition coefficient (Wildman–Crippen LogP) is 8.64. The fourth-order valence-corrected chi connectivity index (χ4v) is 9.00. The van der Waals surface area contributed by atoms with Crippen LogP contribution in [0, 0.1) is 23.5 Å². The molecule has 5 aromatic heterocycles. The number of rotatable bonds is 14. The highest BCUT2D eigenvalue weighted by Gasteiger charge is 2.27. The number of unbranched alkanes of at least 4 members (excludes halogenated alkanes) is 2. The van der Waals surface area contributed by atoms with Gasteiger partial charge in [0.05, 0.1) is 27.0 Å². The van der Waals surface area contributed by atoms with E-state index in [0.29, 0.717) is 49.3 Å². The molecule has 4 amide bonds. The van der Waals surface area contributed by atoms with Gasteiger partial charge in [0.2, 0.25) is 0 Å². The van der Waals surface area contributed by atoms with Crippen LogP contribution in [0.1, 0.15) is 105 Å². The van der Waals surface area contributed by atoms with Crippen molar-refractivity contribution in [1.29, 1.82) is 0 Å². The zero-order valence-corrected chi connectivity index (χ0v) is 34.9. The maximum atomic E-state index is 13.9. The smallest absolute Gasteiger partial charge is 0.267 e. The maximum absolute atomic E-state index is 13.9. The molecule has 8 rings (SSSR count). The van der Waals surface area contributed by atoms with Crippen molar-refractivity contribution < 1.29 is 32.4 Å². The number of piperidine rings is 2. The van der Waals surface area contributed by atoms with Crippen LogP contribution in [0.15, 0.2) is 90.3 Å². The Labute approximate surface area is 357 Å². The lowest BCUT2D eigenvalue weighted by molar-refractivity contribution is 0.0674. The number of carbonyl (C=O) groups is 4. The van der Waals surface area contributed by atoms with E-state index in [9.17, 15) is 28.0 Å². The Balaban J connectivity index is 0.000000185. The second kappa shape index (κ2) is 21.0. The largest absolute Gasteiger partial charge is 0.472 e. The first-order valence-corrected chi connectivity index (χ1v) is 21.9. The van der Waals surface area contributed by atoms with Crippen molar-refractivity contribution >= 4 is 56.0 Å². The summed E-state index contributed by atoms with van der Waals surface area (Å²) >= 11 is 1.48. The minimum Gasteiger partial charge on any atom is -0.472 e.